The first-order chi connectivity index (χ1) is 9.74. The van der Waals surface area contributed by atoms with Gasteiger partial charge >= 0.3 is 0 Å². The van der Waals surface area contributed by atoms with Gasteiger partial charge in [0.25, 0.3) is 0 Å². The Morgan fingerprint density at radius 2 is 1.75 bits per heavy atom. The standard InChI is InChI=1S/C16H18FNO2/c17-14-6-8-16(9-7-14)20-12-15(19)11-18-10-13-4-2-1-3-5-13/h1-9,15,18-19H,10-12H2. The number of hydrogen-bond donors (Lipinski definition) is 2. The monoisotopic (exact) mass is 275 g/mol. The second kappa shape index (κ2) is 7.62. The summed E-state index contributed by atoms with van der Waals surface area (Å²) < 4.78 is 18.1. The van der Waals surface area contributed by atoms with Crippen molar-refractivity contribution < 1.29 is 14.2 Å². The molecular weight excluding hydrogens is 257 g/mol. The van der Waals surface area contributed by atoms with E-state index in [0.717, 1.165) is 0 Å². The van der Waals surface area contributed by atoms with E-state index in [1.807, 2.05) is 30.3 Å². The summed E-state index contributed by atoms with van der Waals surface area (Å²) in [5.41, 5.74) is 1.17. The Morgan fingerprint density at radius 3 is 2.45 bits per heavy atom. The summed E-state index contributed by atoms with van der Waals surface area (Å²) in [5.74, 6) is 0.246. The first kappa shape index (κ1) is 14.5. The summed E-state index contributed by atoms with van der Waals surface area (Å²) in [7, 11) is 0. The summed E-state index contributed by atoms with van der Waals surface area (Å²) >= 11 is 0. The summed E-state index contributed by atoms with van der Waals surface area (Å²) in [6.07, 6.45) is -0.608. The number of aliphatic hydroxyl groups is 1. The van der Waals surface area contributed by atoms with E-state index in [9.17, 15) is 9.50 Å². The Morgan fingerprint density at radius 1 is 1.05 bits per heavy atom. The van der Waals surface area contributed by atoms with Crippen LogP contribution in [0.3, 0.4) is 0 Å². The molecule has 0 bridgehead atoms. The van der Waals surface area contributed by atoms with Crippen LogP contribution >= 0.6 is 0 Å². The zero-order valence-electron chi connectivity index (χ0n) is 11.1. The van der Waals surface area contributed by atoms with Crippen LogP contribution in [0.15, 0.2) is 54.6 Å². The molecule has 0 spiro atoms. The zero-order chi connectivity index (χ0) is 14.2. The first-order valence-electron chi connectivity index (χ1n) is 6.55. The van der Waals surface area contributed by atoms with Crippen molar-refractivity contribution in [3.63, 3.8) is 0 Å². The van der Waals surface area contributed by atoms with E-state index in [1.54, 1.807) is 12.1 Å². The van der Waals surface area contributed by atoms with Gasteiger partial charge in [-0.2, -0.15) is 0 Å². The van der Waals surface area contributed by atoms with Crippen LogP contribution in [0.25, 0.3) is 0 Å². The number of benzene rings is 2. The van der Waals surface area contributed by atoms with Crippen LogP contribution in [0.1, 0.15) is 5.56 Å². The summed E-state index contributed by atoms with van der Waals surface area (Å²) in [6.45, 7) is 1.32. The molecule has 2 rings (SSSR count). The van der Waals surface area contributed by atoms with Gasteiger partial charge in [0.05, 0.1) is 0 Å². The molecule has 0 saturated carbocycles. The van der Waals surface area contributed by atoms with Gasteiger partial charge < -0.3 is 15.2 Å². The quantitative estimate of drug-likeness (QED) is 0.815. The summed E-state index contributed by atoms with van der Waals surface area (Å²) in [4.78, 5) is 0. The van der Waals surface area contributed by atoms with Crippen LogP contribution in [-0.2, 0) is 6.54 Å². The van der Waals surface area contributed by atoms with Crippen molar-refractivity contribution in [3.05, 3.63) is 66.0 Å². The molecule has 0 radical (unpaired) electrons. The zero-order valence-corrected chi connectivity index (χ0v) is 11.1. The van der Waals surface area contributed by atoms with Crippen molar-refractivity contribution in [2.45, 2.75) is 12.6 Å². The van der Waals surface area contributed by atoms with Gasteiger partial charge in [-0.3, -0.25) is 0 Å². The lowest BCUT2D eigenvalue weighted by molar-refractivity contribution is 0.106. The Hall–Kier alpha value is -1.91. The molecule has 1 atom stereocenters. The summed E-state index contributed by atoms with van der Waals surface area (Å²) in [5, 5.41) is 12.9. The highest BCUT2D eigenvalue weighted by Crippen LogP contribution is 2.11. The van der Waals surface area contributed by atoms with Crippen molar-refractivity contribution in [3.8, 4) is 5.75 Å². The molecule has 0 aliphatic carbocycles. The van der Waals surface area contributed by atoms with E-state index in [1.165, 1.54) is 17.7 Å². The SMILES string of the molecule is OC(CNCc1ccccc1)COc1ccc(F)cc1. The molecule has 0 aromatic heterocycles. The van der Waals surface area contributed by atoms with Crippen LogP contribution in [0.2, 0.25) is 0 Å². The van der Waals surface area contributed by atoms with Crippen molar-refractivity contribution >= 4 is 0 Å². The van der Waals surface area contributed by atoms with E-state index >= 15 is 0 Å². The van der Waals surface area contributed by atoms with Gasteiger partial charge in [-0.1, -0.05) is 30.3 Å². The number of aliphatic hydroxyl groups excluding tert-OH is 1. The molecule has 2 aromatic rings. The van der Waals surface area contributed by atoms with Gasteiger partial charge in [0.1, 0.15) is 24.3 Å². The molecule has 20 heavy (non-hydrogen) atoms. The fourth-order valence-electron chi connectivity index (χ4n) is 1.76. The third-order valence-electron chi connectivity index (χ3n) is 2.81. The van der Waals surface area contributed by atoms with Gasteiger partial charge in [-0.25, -0.2) is 4.39 Å². The van der Waals surface area contributed by atoms with E-state index in [0.29, 0.717) is 18.8 Å². The van der Waals surface area contributed by atoms with E-state index in [2.05, 4.69) is 5.32 Å². The van der Waals surface area contributed by atoms with E-state index < -0.39 is 6.10 Å². The topological polar surface area (TPSA) is 41.5 Å². The molecule has 0 aliphatic rings. The fourth-order valence-corrected chi connectivity index (χ4v) is 1.76. The minimum absolute atomic E-state index is 0.174. The third kappa shape index (κ3) is 4.99. The summed E-state index contributed by atoms with van der Waals surface area (Å²) in [6, 6.07) is 15.7. The Kier molecular flexibility index (Phi) is 5.53. The number of nitrogens with one attached hydrogen (secondary N) is 1. The molecule has 0 aliphatic heterocycles. The van der Waals surface area contributed by atoms with Crippen LogP contribution in [0.4, 0.5) is 4.39 Å². The fraction of sp³-hybridized carbons (Fsp3) is 0.250. The van der Waals surface area contributed by atoms with Gasteiger partial charge in [-0.05, 0) is 29.8 Å². The normalized spacial score (nSPS) is 12.1. The Labute approximate surface area is 118 Å². The third-order valence-corrected chi connectivity index (χ3v) is 2.81. The lowest BCUT2D eigenvalue weighted by Gasteiger charge is -2.13. The molecule has 106 valence electrons. The smallest absolute Gasteiger partial charge is 0.123 e. The molecule has 0 fully saturated rings. The van der Waals surface area contributed by atoms with Crippen molar-refractivity contribution in [2.24, 2.45) is 0 Å². The molecule has 3 nitrogen and oxygen atoms in total. The first-order valence-corrected chi connectivity index (χ1v) is 6.55. The minimum atomic E-state index is -0.608. The van der Waals surface area contributed by atoms with Gasteiger partial charge in [0.2, 0.25) is 0 Å². The lowest BCUT2D eigenvalue weighted by Crippen LogP contribution is -2.31. The predicted molar refractivity (Wildman–Crippen MR) is 76.1 cm³/mol. The molecule has 0 saturated heterocycles. The minimum Gasteiger partial charge on any atom is -0.491 e. The molecule has 1 unspecified atom stereocenters. The number of hydrogen-bond acceptors (Lipinski definition) is 3. The van der Waals surface area contributed by atoms with Crippen LogP contribution in [0.5, 0.6) is 5.75 Å². The second-order valence-electron chi connectivity index (χ2n) is 4.54. The number of halogens is 1. The average molecular weight is 275 g/mol. The highest BCUT2D eigenvalue weighted by atomic mass is 19.1. The highest BCUT2D eigenvalue weighted by molar-refractivity contribution is 5.22. The average Bonchev–Trinajstić information content (AvgIpc) is 2.48. The largest absolute Gasteiger partial charge is 0.491 e. The second-order valence-corrected chi connectivity index (χ2v) is 4.54. The molecular formula is C16H18FNO2. The predicted octanol–water partition coefficient (Wildman–Crippen LogP) is 2.36. The van der Waals surface area contributed by atoms with Crippen molar-refractivity contribution in [1.29, 1.82) is 0 Å². The van der Waals surface area contributed by atoms with E-state index in [-0.39, 0.29) is 12.4 Å². The van der Waals surface area contributed by atoms with Crippen LogP contribution in [-0.4, -0.2) is 24.4 Å². The lowest BCUT2D eigenvalue weighted by atomic mass is 10.2. The molecule has 0 heterocycles. The molecule has 2 N–H and O–H groups in total. The van der Waals surface area contributed by atoms with E-state index in [4.69, 9.17) is 4.74 Å². The number of ether oxygens (including phenoxy) is 1. The molecule has 0 amide bonds. The van der Waals surface area contributed by atoms with Gasteiger partial charge in [0.15, 0.2) is 0 Å². The van der Waals surface area contributed by atoms with Crippen LogP contribution in [0, 0.1) is 5.82 Å². The van der Waals surface area contributed by atoms with Gasteiger partial charge in [-0.15, -0.1) is 0 Å². The van der Waals surface area contributed by atoms with Crippen molar-refractivity contribution in [1.82, 2.24) is 5.32 Å². The van der Waals surface area contributed by atoms with Gasteiger partial charge in [0, 0.05) is 13.1 Å². The Balaban J connectivity index is 1.65. The number of rotatable bonds is 7. The van der Waals surface area contributed by atoms with Crippen molar-refractivity contribution in [2.75, 3.05) is 13.2 Å². The maximum atomic E-state index is 12.7. The maximum Gasteiger partial charge on any atom is 0.123 e. The highest BCUT2D eigenvalue weighted by Gasteiger charge is 2.05. The molecule has 4 heteroatoms. The molecule has 2 aromatic carbocycles. The maximum absolute atomic E-state index is 12.7. The Bertz CT molecular complexity index is 502. The van der Waals surface area contributed by atoms with Crippen LogP contribution < -0.4 is 10.1 Å².